The Morgan fingerprint density at radius 3 is 2.63 bits per heavy atom. The molecule has 0 fully saturated rings. The first kappa shape index (κ1) is 23.9. The zero-order valence-electron chi connectivity index (χ0n) is 19.7. The largest absolute Gasteiger partial charge is 0.493 e. The van der Waals surface area contributed by atoms with Crippen molar-refractivity contribution in [2.45, 2.75) is 26.4 Å². The highest BCUT2D eigenvalue weighted by atomic mass is 16.7. The molecule has 4 rings (SSSR count). The average Bonchev–Trinajstić information content (AvgIpc) is 3.33. The van der Waals surface area contributed by atoms with Gasteiger partial charge in [-0.2, -0.15) is 0 Å². The third kappa shape index (κ3) is 6.44. The lowest BCUT2D eigenvalue weighted by atomic mass is 10.1. The summed E-state index contributed by atoms with van der Waals surface area (Å²) in [5.41, 5.74) is 2.17. The molecule has 0 aliphatic carbocycles. The van der Waals surface area contributed by atoms with Crippen LogP contribution in [0.3, 0.4) is 0 Å². The van der Waals surface area contributed by atoms with Crippen LogP contribution in [-0.2, 0) is 11.4 Å². The number of hydrogen-bond acceptors (Lipinski definition) is 7. The first-order valence-electron chi connectivity index (χ1n) is 11.2. The van der Waals surface area contributed by atoms with Crippen LogP contribution in [-0.4, -0.2) is 32.2 Å². The minimum atomic E-state index is -0.110. The number of anilines is 1. The van der Waals surface area contributed by atoms with E-state index in [-0.39, 0.29) is 18.5 Å². The third-order valence-corrected chi connectivity index (χ3v) is 5.34. The highest BCUT2D eigenvalue weighted by molar-refractivity contribution is 5.94. The van der Waals surface area contributed by atoms with Gasteiger partial charge in [0, 0.05) is 23.7 Å². The van der Waals surface area contributed by atoms with Crippen molar-refractivity contribution in [3.8, 4) is 28.7 Å². The second-order valence-electron chi connectivity index (χ2n) is 7.93. The fourth-order valence-electron chi connectivity index (χ4n) is 3.52. The molecule has 8 nitrogen and oxygen atoms in total. The summed E-state index contributed by atoms with van der Waals surface area (Å²) < 4.78 is 27.5. The maximum atomic E-state index is 12.4. The molecule has 0 atom stereocenters. The number of amides is 1. The van der Waals surface area contributed by atoms with Crippen molar-refractivity contribution in [2.24, 2.45) is 0 Å². The topological polar surface area (TPSA) is 92.3 Å². The molecule has 182 valence electrons. The van der Waals surface area contributed by atoms with E-state index in [9.17, 15) is 9.59 Å². The molecule has 3 aromatic rings. The number of fused-ring (bicyclic) bond motifs is 1. The molecule has 0 unspecified atom stereocenters. The van der Waals surface area contributed by atoms with Gasteiger partial charge in [-0.25, -0.2) is 0 Å². The van der Waals surface area contributed by atoms with Gasteiger partial charge in [0.1, 0.15) is 12.4 Å². The van der Waals surface area contributed by atoms with Crippen LogP contribution in [0.4, 0.5) is 5.69 Å². The molecule has 1 heterocycles. The molecule has 0 spiro atoms. The maximum Gasteiger partial charge on any atom is 0.231 e. The van der Waals surface area contributed by atoms with Gasteiger partial charge < -0.3 is 29.0 Å². The molecule has 0 aromatic heterocycles. The monoisotopic (exact) mass is 477 g/mol. The Labute approximate surface area is 203 Å². The smallest absolute Gasteiger partial charge is 0.231 e. The summed E-state index contributed by atoms with van der Waals surface area (Å²) >= 11 is 0. The van der Waals surface area contributed by atoms with E-state index in [1.54, 1.807) is 24.3 Å². The second kappa shape index (κ2) is 11.3. The molecule has 35 heavy (non-hydrogen) atoms. The Morgan fingerprint density at radius 2 is 1.80 bits per heavy atom. The van der Waals surface area contributed by atoms with Crippen LogP contribution in [0.25, 0.3) is 0 Å². The van der Waals surface area contributed by atoms with E-state index in [4.69, 9.17) is 23.7 Å². The summed E-state index contributed by atoms with van der Waals surface area (Å²) in [4.78, 5) is 23.9. The van der Waals surface area contributed by atoms with Gasteiger partial charge in [-0.3, -0.25) is 9.59 Å². The third-order valence-electron chi connectivity index (χ3n) is 5.34. The number of nitrogens with one attached hydrogen (secondary N) is 1. The van der Waals surface area contributed by atoms with E-state index < -0.39 is 0 Å². The zero-order chi connectivity index (χ0) is 24.6. The molecule has 0 saturated heterocycles. The molecule has 1 aliphatic rings. The standard InChI is InChI=1S/C27H27NO7/c1-18(29)20-8-10-23(25(14-20)31-2)32-12-4-7-27(30)28-21-6-3-5-19(13-21)16-33-22-9-11-24-26(15-22)35-17-34-24/h3,5-6,8-11,13-15H,4,7,12,16-17H2,1-2H3,(H,28,30). The average molecular weight is 478 g/mol. The normalized spacial score (nSPS) is 11.6. The maximum absolute atomic E-state index is 12.4. The lowest BCUT2D eigenvalue weighted by Gasteiger charge is -2.12. The lowest BCUT2D eigenvalue weighted by Crippen LogP contribution is -2.13. The van der Waals surface area contributed by atoms with Gasteiger partial charge in [0.25, 0.3) is 0 Å². The fraction of sp³-hybridized carbons (Fsp3) is 0.259. The van der Waals surface area contributed by atoms with E-state index in [0.717, 1.165) is 5.56 Å². The summed E-state index contributed by atoms with van der Waals surface area (Å²) in [6.07, 6.45) is 0.822. The molecule has 1 N–H and O–H groups in total. The highest BCUT2D eigenvalue weighted by Gasteiger charge is 2.14. The van der Waals surface area contributed by atoms with Gasteiger partial charge in [0.15, 0.2) is 28.8 Å². The summed E-state index contributed by atoms with van der Waals surface area (Å²) in [5.74, 6) is 2.92. The van der Waals surface area contributed by atoms with Crippen LogP contribution in [0, 0.1) is 0 Å². The quantitative estimate of drug-likeness (QED) is 0.307. The first-order valence-corrected chi connectivity index (χ1v) is 11.2. The van der Waals surface area contributed by atoms with Crippen molar-refractivity contribution in [3.05, 3.63) is 71.8 Å². The van der Waals surface area contributed by atoms with Gasteiger partial charge in [0.2, 0.25) is 12.7 Å². The molecule has 1 aliphatic heterocycles. The Kier molecular flexibility index (Phi) is 7.72. The Bertz CT molecular complexity index is 1210. The first-order chi connectivity index (χ1) is 17.0. The van der Waals surface area contributed by atoms with E-state index in [1.807, 2.05) is 36.4 Å². The predicted molar refractivity (Wildman–Crippen MR) is 130 cm³/mol. The molecule has 1 amide bonds. The van der Waals surface area contributed by atoms with Crippen molar-refractivity contribution < 1.29 is 33.3 Å². The van der Waals surface area contributed by atoms with E-state index >= 15 is 0 Å². The van der Waals surface area contributed by atoms with Crippen molar-refractivity contribution in [2.75, 3.05) is 25.8 Å². The highest BCUT2D eigenvalue weighted by Crippen LogP contribution is 2.35. The summed E-state index contributed by atoms with van der Waals surface area (Å²) in [6, 6.07) is 18.0. The van der Waals surface area contributed by atoms with Crippen LogP contribution in [0.5, 0.6) is 28.7 Å². The number of carbonyl (C=O) groups excluding carboxylic acids is 2. The number of ether oxygens (including phenoxy) is 5. The number of Topliss-reactive ketones (excluding diaryl/α,β-unsaturated/α-hetero) is 1. The van der Waals surface area contributed by atoms with Crippen molar-refractivity contribution >= 4 is 17.4 Å². The van der Waals surface area contributed by atoms with E-state index in [1.165, 1.54) is 14.0 Å². The van der Waals surface area contributed by atoms with Crippen LogP contribution in [0.2, 0.25) is 0 Å². The number of benzene rings is 3. The molecular formula is C27H27NO7. The van der Waals surface area contributed by atoms with Crippen molar-refractivity contribution in [1.82, 2.24) is 0 Å². The molecule has 0 radical (unpaired) electrons. The van der Waals surface area contributed by atoms with Gasteiger partial charge in [-0.05, 0) is 61.4 Å². The molecule has 3 aromatic carbocycles. The predicted octanol–water partition coefficient (Wildman–Crippen LogP) is 5.00. The number of carbonyl (C=O) groups is 2. The molecule has 0 saturated carbocycles. The van der Waals surface area contributed by atoms with Crippen molar-refractivity contribution in [1.29, 1.82) is 0 Å². The number of hydrogen-bond donors (Lipinski definition) is 1. The molecular weight excluding hydrogens is 450 g/mol. The van der Waals surface area contributed by atoms with Crippen LogP contribution in [0.1, 0.15) is 35.7 Å². The minimum Gasteiger partial charge on any atom is -0.493 e. The molecule has 0 bridgehead atoms. The van der Waals surface area contributed by atoms with E-state index in [0.29, 0.717) is 66.1 Å². The van der Waals surface area contributed by atoms with Gasteiger partial charge in [-0.1, -0.05) is 12.1 Å². The summed E-state index contributed by atoms with van der Waals surface area (Å²) in [7, 11) is 1.52. The van der Waals surface area contributed by atoms with E-state index in [2.05, 4.69) is 5.32 Å². The molecule has 8 heteroatoms. The van der Waals surface area contributed by atoms with Gasteiger partial charge >= 0.3 is 0 Å². The lowest BCUT2D eigenvalue weighted by molar-refractivity contribution is -0.116. The Balaban J connectivity index is 1.22. The van der Waals surface area contributed by atoms with Crippen LogP contribution < -0.4 is 29.0 Å². The van der Waals surface area contributed by atoms with Crippen LogP contribution in [0.15, 0.2) is 60.7 Å². The summed E-state index contributed by atoms with van der Waals surface area (Å²) in [6.45, 7) is 2.40. The fourth-order valence-corrected chi connectivity index (χ4v) is 3.52. The number of ketones is 1. The number of rotatable bonds is 11. The Morgan fingerprint density at radius 1 is 0.943 bits per heavy atom. The summed E-state index contributed by atoms with van der Waals surface area (Å²) in [5, 5.41) is 2.91. The number of methoxy groups -OCH3 is 1. The zero-order valence-corrected chi connectivity index (χ0v) is 19.7. The van der Waals surface area contributed by atoms with Gasteiger partial charge in [-0.15, -0.1) is 0 Å². The van der Waals surface area contributed by atoms with Crippen molar-refractivity contribution in [3.63, 3.8) is 0 Å². The van der Waals surface area contributed by atoms with Crippen LogP contribution >= 0.6 is 0 Å². The van der Waals surface area contributed by atoms with Gasteiger partial charge in [0.05, 0.1) is 13.7 Å². The minimum absolute atomic E-state index is 0.0462. The SMILES string of the molecule is COc1cc(C(C)=O)ccc1OCCCC(=O)Nc1cccc(COc2ccc3c(c2)OCO3)c1. The Hall–Kier alpha value is -4.20. The second-order valence-corrected chi connectivity index (χ2v) is 7.93.